The maximum Gasteiger partial charge on any atom is 0.349 e. The van der Waals surface area contributed by atoms with Crippen LogP contribution in [0.25, 0.3) is 11.0 Å². The number of carbonyl (C=O) groups excluding carboxylic acids is 2. The van der Waals surface area contributed by atoms with Gasteiger partial charge in [-0.25, -0.2) is 4.79 Å². The zero-order valence-electron chi connectivity index (χ0n) is 13.6. The number of aromatic hydroxyl groups is 1. The van der Waals surface area contributed by atoms with Crippen LogP contribution in [0.4, 0.5) is 5.69 Å². The molecule has 0 aliphatic heterocycles. The summed E-state index contributed by atoms with van der Waals surface area (Å²) in [7, 11) is 1.36. The van der Waals surface area contributed by atoms with Gasteiger partial charge in [0.15, 0.2) is 11.5 Å². The fourth-order valence-corrected chi connectivity index (χ4v) is 2.45. The Morgan fingerprint density at radius 1 is 1.15 bits per heavy atom. The molecule has 3 aromatic rings. The number of primary amides is 1. The Morgan fingerprint density at radius 2 is 1.88 bits per heavy atom. The highest BCUT2D eigenvalue weighted by molar-refractivity contribution is 6.09. The van der Waals surface area contributed by atoms with Crippen LogP contribution in [0.15, 0.2) is 51.7 Å². The van der Waals surface area contributed by atoms with Gasteiger partial charge in [-0.15, -0.1) is 0 Å². The molecule has 0 saturated carbocycles. The van der Waals surface area contributed by atoms with E-state index in [1.165, 1.54) is 37.4 Å². The van der Waals surface area contributed by atoms with E-state index in [1.807, 2.05) is 0 Å². The smallest absolute Gasteiger partial charge is 0.349 e. The van der Waals surface area contributed by atoms with Gasteiger partial charge in [0.1, 0.15) is 11.1 Å². The minimum absolute atomic E-state index is 0.105. The van der Waals surface area contributed by atoms with Gasteiger partial charge in [-0.05, 0) is 24.3 Å². The molecule has 0 unspecified atom stereocenters. The second-order valence-electron chi connectivity index (χ2n) is 5.37. The van der Waals surface area contributed by atoms with E-state index in [2.05, 4.69) is 5.32 Å². The first-order valence-electron chi connectivity index (χ1n) is 7.45. The number of methoxy groups -OCH3 is 1. The van der Waals surface area contributed by atoms with E-state index in [-0.39, 0.29) is 33.9 Å². The maximum absolute atomic E-state index is 12.5. The molecule has 0 aliphatic rings. The Bertz CT molecular complexity index is 1090. The molecule has 0 bridgehead atoms. The number of benzene rings is 2. The lowest BCUT2D eigenvalue weighted by Gasteiger charge is -2.09. The van der Waals surface area contributed by atoms with E-state index in [9.17, 15) is 19.5 Å². The molecule has 8 heteroatoms. The van der Waals surface area contributed by atoms with Gasteiger partial charge in [0.25, 0.3) is 11.8 Å². The van der Waals surface area contributed by atoms with Crippen LogP contribution in [0.1, 0.15) is 20.7 Å². The molecule has 8 nitrogen and oxygen atoms in total. The number of phenolic OH excluding ortho intramolecular Hbond substituents is 1. The lowest BCUT2D eigenvalue weighted by molar-refractivity contribution is 0.100. The van der Waals surface area contributed by atoms with Crippen LogP contribution in [-0.2, 0) is 0 Å². The fourth-order valence-electron chi connectivity index (χ4n) is 2.45. The average molecular weight is 354 g/mol. The summed E-state index contributed by atoms with van der Waals surface area (Å²) in [6, 6.07) is 10.1. The monoisotopic (exact) mass is 354 g/mol. The number of carbonyl (C=O) groups is 2. The molecular weight excluding hydrogens is 340 g/mol. The lowest BCUT2D eigenvalue weighted by atomic mass is 10.1. The number of ether oxygens (including phenoxy) is 1. The number of para-hydroxylation sites is 1. The summed E-state index contributed by atoms with van der Waals surface area (Å²) in [6.07, 6.45) is 0. The molecule has 3 rings (SSSR count). The van der Waals surface area contributed by atoms with Crippen molar-refractivity contribution >= 4 is 28.5 Å². The van der Waals surface area contributed by atoms with E-state index in [0.717, 1.165) is 0 Å². The second kappa shape index (κ2) is 6.60. The van der Waals surface area contributed by atoms with Gasteiger partial charge in [-0.1, -0.05) is 12.1 Å². The SMILES string of the molecule is COc1cc2oc(=O)c(C(=O)Nc3ccccc3C(N)=O)cc2cc1O. The minimum atomic E-state index is -0.876. The van der Waals surface area contributed by atoms with Crippen molar-refractivity contribution in [1.29, 1.82) is 0 Å². The van der Waals surface area contributed by atoms with Crippen LogP contribution in [0.5, 0.6) is 11.5 Å². The number of nitrogens with two attached hydrogens (primary N) is 1. The molecule has 0 atom stereocenters. The van der Waals surface area contributed by atoms with E-state index in [0.29, 0.717) is 5.39 Å². The quantitative estimate of drug-likeness (QED) is 0.613. The number of fused-ring (bicyclic) bond motifs is 1. The van der Waals surface area contributed by atoms with Gasteiger partial charge in [0, 0.05) is 11.5 Å². The average Bonchev–Trinajstić information content (AvgIpc) is 2.61. The minimum Gasteiger partial charge on any atom is -0.504 e. The first kappa shape index (κ1) is 17.0. The molecular formula is C18H14N2O6. The van der Waals surface area contributed by atoms with Crippen molar-refractivity contribution in [2.24, 2.45) is 5.73 Å². The maximum atomic E-state index is 12.5. The van der Waals surface area contributed by atoms with E-state index < -0.39 is 17.4 Å². The van der Waals surface area contributed by atoms with Crippen molar-refractivity contribution in [3.8, 4) is 11.5 Å². The third-order valence-corrected chi connectivity index (χ3v) is 3.72. The summed E-state index contributed by atoms with van der Waals surface area (Å²) in [5.74, 6) is -1.53. The number of amides is 2. The highest BCUT2D eigenvalue weighted by atomic mass is 16.5. The zero-order chi connectivity index (χ0) is 18.8. The molecule has 4 N–H and O–H groups in total. The Kier molecular flexibility index (Phi) is 4.32. The van der Waals surface area contributed by atoms with Crippen LogP contribution in [0.2, 0.25) is 0 Å². The van der Waals surface area contributed by atoms with Crippen molar-refractivity contribution < 1.29 is 23.8 Å². The number of hydrogen-bond acceptors (Lipinski definition) is 6. The highest BCUT2D eigenvalue weighted by Crippen LogP contribution is 2.30. The van der Waals surface area contributed by atoms with Crippen LogP contribution in [-0.4, -0.2) is 24.0 Å². The highest BCUT2D eigenvalue weighted by Gasteiger charge is 2.17. The fraction of sp³-hybridized carbons (Fsp3) is 0.0556. The van der Waals surface area contributed by atoms with Crippen molar-refractivity contribution in [2.45, 2.75) is 0 Å². The van der Waals surface area contributed by atoms with Gasteiger partial charge in [0.2, 0.25) is 0 Å². The van der Waals surface area contributed by atoms with Crippen LogP contribution in [0, 0.1) is 0 Å². The summed E-state index contributed by atoms with van der Waals surface area (Å²) in [5.41, 5.74) is 4.53. The Hall–Kier alpha value is -3.81. The Balaban J connectivity index is 2.03. The van der Waals surface area contributed by atoms with E-state index in [4.69, 9.17) is 14.9 Å². The van der Waals surface area contributed by atoms with Crippen LogP contribution in [0.3, 0.4) is 0 Å². The second-order valence-corrected chi connectivity index (χ2v) is 5.37. The molecule has 1 heterocycles. The molecule has 2 amide bonds. The molecule has 0 fully saturated rings. The molecule has 0 aliphatic carbocycles. The Labute approximate surface area is 146 Å². The third kappa shape index (κ3) is 3.07. The zero-order valence-corrected chi connectivity index (χ0v) is 13.6. The molecule has 132 valence electrons. The van der Waals surface area contributed by atoms with Gasteiger partial charge in [-0.3, -0.25) is 9.59 Å². The predicted molar refractivity (Wildman–Crippen MR) is 93.6 cm³/mol. The van der Waals surface area contributed by atoms with E-state index >= 15 is 0 Å². The summed E-state index contributed by atoms with van der Waals surface area (Å²) >= 11 is 0. The normalized spacial score (nSPS) is 10.5. The molecule has 2 aromatic carbocycles. The molecule has 0 radical (unpaired) electrons. The van der Waals surface area contributed by atoms with Crippen LogP contribution >= 0.6 is 0 Å². The number of anilines is 1. The summed E-state index contributed by atoms with van der Waals surface area (Å²) in [4.78, 5) is 36.0. The number of nitrogens with one attached hydrogen (secondary N) is 1. The topological polar surface area (TPSA) is 132 Å². The summed E-state index contributed by atoms with van der Waals surface area (Å²) in [5, 5.41) is 12.6. The summed E-state index contributed by atoms with van der Waals surface area (Å²) < 4.78 is 10.1. The van der Waals surface area contributed by atoms with Gasteiger partial charge in [-0.2, -0.15) is 0 Å². The van der Waals surface area contributed by atoms with Crippen LogP contribution < -0.4 is 21.4 Å². The van der Waals surface area contributed by atoms with Gasteiger partial charge < -0.3 is 25.3 Å². The molecule has 1 aromatic heterocycles. The standard InChI is InChI=1S/C18H14N2O6/c1-25-15-8-14-9(7-13(15)21)6-11(18(24)26-14)17(23)20-12-5-3-2-4-10(12)16(19)22/h2-8,21H,1H3,(H2,19,22)(H,20,23). The number of rotatable bonds is 4. The van der Waals surface area contributed by atoms with Crippen molar-refractivity contribution in [1.82, 2.24) is 0 Å². The number of hydrogen-bond donors (Lipinski definition) is 3. The lowest BCUT2D eigenvalue weighted by Crippen LogP contribution is -2.23. The van der Waals surface area contributed by atoms with Crippen molar-refractivity contribution in [2.75, 3.05) is 12.4 Å². The molecule has 26 heavy (non-hydrogen) atoms. The largest absolute Gasteiger partial charge is 0.504 e. The first-order chi connectivity index (χ1) is 12.4. The molecule has 0 spiro atoms. The first-order valence-corrected chi connectivity index (χ1v) is 7.45. The predicted octanol–water partition coefficient (Wildman–Crippen LogP) is 1.86. The third-order valence-electron chi connectivity index (χ3n) is 3.72. The number of phenols is 1. The molecule has 0 saturated heterocycles. The Morgan fingerprint density at radius 3 is 2.58 bits per heavy atom. The summed E-state index contributed by atoms with van der Waals surface area (Å²) in [6.45, 7) is 0. The van der Waals surface area contributed by atoms with Gasteiger partial charge in [0.05, 0.1) is 18.4 Å². The van der Waals surface area contributed by atoms with E-state index in [1.54, 1.807) is 12.1 Å². The van der Waals surface area contributed by atoms with Crippen molar-refractivity contribution in [3.63, 3.8) is 0 Å². The van der Waals surface area contributed by atoms with Gasteiger partial charge >= 0.3 is 5.63 Å². The van der Waals surface area contributed by atoms with Crippen molar-refractivity contribution in [3.05, 3.63) is 64.0 Å².